The fourth-order valence-electron chi connectivity index (χ4n) is 3.21. The molecule has 0 saturated carbocycles. The standard InChI is InChI=1S/C20H21N7O4S/c1-13-16(24-32(3,30)31)9-10-17(22-13)18-19(26(12-11-21)25-23-18)27(20(28)29)14(2)15-7-5-4-6-8-15/h4-10,14,24H,12H2,1-3H3,(H,28,29)/t14-/m1/s1. The van der Waals surface area contributed by atoms with Gasteiger partial charge in [-0.05, 0) is 31.5 Å². The fraction of sp³-hybridized carbons (Fsp3) is 0.250. The highest BCUT2D eigenvalue weighted by atomic mass is 32.2. The van der Waals surface area contributed by atoms with Crippen LogP contribution in [0, 0.1) is 18.3 Å². The van der Waals surface area contributed by atoms with Crippen LogP contribution >= 0.6 is 0 Å². The Balaban J connectivity index is 2.14. The molecule has 3 aromatic rings. The third kappa shape index (κ3) is 4.84. The molecular formula is C20H21N7O4S. The number of nitrogens with zero attached hydrogens (tertiary/aromatic N) is 6. The molecule has 32 heavy (non-hydrogen) atoms. The lowest BCUT2D eigenvalue weighted by molar-refractivity contribution is 0.199. The smallest absolute Gasteiger partial charge is 0.413 e. The van der Waals surface area contributed by atoms with Crippen LogP contribution in [0.2, 0.25) is 0 Å². The summed E-state index contributed by atoms with van der Waals surface area (Å²) in [5.74, 6) is 0.0890. The van der Waals surface area contributed by atoms with E-state index >= 15 is 0 Å². The third-order valence-electron chi connectivity index (χ3n) is 4.66. The van der Waals surface area contributed by atoms with E-state index in [1.807, 2.05) is 12.1 Å². The predicted molar refractivity (Wildman–Crippen MR) is 117 cm³/mol. The van der Waals surface area contributed by atoms with Gasteiger partial charge in [-0.3, -0.25) is 9.62 Å². The number of benzene rings is 1. The predicted octanol–water partition coefficient (Wildman–Crippen LogP) is 2.79. The zero-order valence-corrected chi connectivity index (χ0v) is 18.4. The molecule has 2 aromatic heterocycles. The molecule has 166 valence electrons. The third-order valence-corrected chi connectivity index (χ3v) is 5.25. The number of amides is 1. The highest BCUT2D eigenvalue weighted by molar-refractivity contribution is 7.92. The number of rotatable bonds is 7. The lowest BCUT2D eigenvalue weighted by atomic mass is 10.1. The second kappa shape index (κ2) is 9.03. The number of aryl methyl sites for hydroxylation is 1. The van der Waals surface area contributed by atoms with Gasteiger partial charge in [0.05, 0.1) is 35.4 Å². The minimum atomic E-state index is -3.50. The van der Waals surface area contributed by atoms with Gasteiger partial charge >= 0.3 is 6.09 Å². The molecule has 0 aliphatic carbocycles. The Morgan fingerprint density at radius 2 is 1.97 bits per heavy atom. The summed E-state index contributed by atoms with van der Waals surface area (Å²) >= 11 is 0. The van der Waals surface area contributed by atoms with Crippen LogP contribution in [-0.2, 0) is 16.6 Å². The fourth-order valence-corrected chi connectivity index (χ4v) is 3.82. The molecule has 0 aliphatic heterocycles. The van der Waals surface area contributed by atoms with E-state index in [0.29, 0.717) is 5.69 Å². The summed E-state index contributed by atoms with van der Waals surface area (Å²) in [4.78, 5) is 17.8. The monoisotopic (exact) mass is 455 g/mol. The molecule has 12 heteroatoms. The molecule has 1 amide bonds. The number of carboxylic acid groups (broad SMARTS) is 1. The summed E-state index contributed by atoms with van der Waals surface area (Å²) in [6.07, 6.45) is -0.224. The summed E-state index contributed by atoms with van der Waals surface area (Å²) in [6.45, 7) is 3.10. The lowest BCUT2D eigenvalue weighted by Gasteiger charge is -2.27. The van der Waals surface area contributed by atoms with Crippen molar-refractivity contribution in [2.24, 2.45) is 0 Å². The molecule has 0 unspecified atom stereocenters. The van der Waals surface area contributed by atoms with Crippen molar-refractivity contribution in [2.45, 2.75) is 26.4 Å². The number of sulfonamides is 1. The Labute approximate surface area is 185 Å². The second-order valence-electron chi connectivity index (χ2n) is 7.02. The first-order valence-corrected chi connectivity index (χ1v) is 11.3. The number of carbonyl (C=O) groups is 1. The van der Waals surface area contributed by atoms with Crippen molar-refractivity contribution in [1.29, 1.82) is 5.26 Å². The average molecular weight is 456 g/mol. The number of hydrogen-bond acceptors (Lipinski definition) is 7. The van der Waals surface area contributed by atoms with Crippen LogP contribution in [0.1, 0.15) is 24.2 Å². The van der Waals surface area contributed by atoms with Crippen molar-refractivity contribution in [3.63, 3.8) is 0 Å². The molecule has 1 atom stereocenters. The Hall–Kier alpha value is -3.98. The molecule has 0 saturated heterocycles. The van der Waals surface area contributed by atoms with Gasteiger partial charge in [-0.2, -0.15) is 5.26 Å². The minimum absolute atomic E-state index is 0.0890. The van der Waals surface area contributed by atoms with E-state index in [1.54, 1.807) is 38.1 Å². The van der Waals surface area contributed by atoms with Crippen molar-refractivity contribution >= 4 is 27.6 Å². The van der Waals surface area contributed by atoms with Gasteiger partial charge in [-0.1, -0.05) is 35.5 Å². The van der Waals surface area contributed by atoms with Crippen molar-refractivity contribution < 1.29 is 18.3 Å². The molecule has 2 N–H and O–H groups in total. The molecule has 0 spiro atoms. The molecule has 0 aliphatic rings. The van der Waals surface area contributed by atoms with E-state index in [9.17, 15) is 23.6 Å². The maximum absolute atomic E-state index is 12.3. The number of hydrogen-bond donors (Lipinski definition) is 2. The van der Waals surface area contributed by atoms with Crippen LogP contribution in [0.25, 0.3) is 11.4 Å². The Bertz CT molecular complexity index is 1280. The van der Waals surface area contributed by atoms with Gasteiger partial charge in [0.25, 0.3) is 0 Å². The van der Waals surface area contributed by atoms with Gasteiger partial charge in [0.1, 0.15) is 6.54 Å². The number of anilines is 2. The topological polar surface area (TPSA) is 154 Å². The molecule has 0 bridgehead atoms. The number of nitriles is 1. The van der Waals surface area contributed by atoms with Crippen LogP contribution in [0.5, 0.6) is 0 Å². The number of nitrogens with one attached hydrogen (secondary N) is 1. The van der Waals surface area contributed by atoms with E-state index in [1.165, 1.54) is 16.8 Å². The van der Waals surface area contributed by atoms with E-state index in [4.69, 9.17) is 0 Å². The number of pyridine rings is 1. The highest BCUT2D eigenvalue weighted by Crippen LogP contribution is 2.34. The maximum atomic E-state index is 12.3. The Morgan fingerprint density at radius 3 is 2.53 bits per heavy atom. The average Bonchev–Trinajstić information content (AvgIpc) is 3.12. The molecule has 0 radical (unpaired) electrons. The SMILES string of the molecule is Cc1nc(-c2nnn(CC#N)c2N(C(=O)O)[C@H](C)c2ccccc2)ccc1NS(C)(=O)=O. The zero-order valence-electron chi connectivity index (χ0n) is 17.6. The highest BCUT2D eigenvalue weighted by Gasteiger charge is 2.31. The first kappa shape index (κ1) is 22.7. The molecule has 3 rings (SSSR count). The Morgan fingerprint density at radius 1 is 1.28 bits per heavy atom. The van der Waals surface area contributed by atoms with Crippen LogP contribution in [0.4, 0.5) is 16.3 Å². The molecule has 11 nitrogen and oxygen atoms in total. The number of aromatic nitrogens is 4. The summed E-state index contributed by atoms with van der Waals surface area (Å²) in [6, 6.07) is 13.4. The summed E-state index contributed by atoms with van der Waals surface area (Å²) in [5, 5.41) is 27.3. The van der Waals surface area contributed by atoms with E-state index in [0.717, 1.165) is 16.7 Å². The van der Waals surface area contributed by atoms with Crippen LogP contribution in [-0.4, -0.2) is 45.9 Å². The van der Waals surface area contributed by atoms with Crippen LogP contribution in [0.3, 0.4) is 0 Å². The van der Waals surface area contributed by atoms with Crippen molar-refractivity contribution in [3.05, 3.63) is 53.7 Å². The van der Waals surface area contributed by atoms with Gasteiger partial charge in [0.2, 0.25) is 10.0 Å². The normalized spacial score (nSPS) is 12.1. The van der Waals surface area contributed by atoms with Gasteiger partial charge in [-0.25, -0.2) is 22.9 Å². The molecule has 1 aromatic carbocycles. The van der Waals surface area contributed by atoms with Gasteiger partial charge in [-0.15, -0.1) is 5.10 Å². The lowest BCUT2D eigenvalue weighted by Crippen LogP contribution is -2.34. The first-order valence-electron chi connectivity index (χ1n) is 9.45. The van der Waals surface area contributed by atoms with Crippen LogP contribution < -0.4 is 9.62 Å². The van der Waals surface area contributed by atoms with E-state index in [-0.39, 0.29) is 29.4 Å². The second-order valence-corrected chi connectivity index (χ2v) is 8.77. The molecular weight excluding hydrogens is 434 g/mol. The van der Waals surface area contributed by atoms with Crippen molar-refractivity contribution in [1.82, 2.24) is 20.0 Å². The van der Waals surface area contributed by atoms with Crippen LogP contribution in [0.15, 0.2) is 42.5 Å². The van der Waals surface area contributed by atoms with Crippen molar-refractivity contribution in [3.8, 4) is 17.5 Å². The first-order chi connectivity index (χ1) is 15.1. The summed E-state index contributed by atoms with van der Waals surface area (Å²) < 4.78 is 26.7. The summed E-state index contributed by atoms with van der Waals surface area (Å²) in [7, 11) is -3.50. The minimum Gasteiger partial charge on any atom is -0.465 e. The summed E-state index contributed by atoms with van der Waals surface area (Å²) in [5.41, 5.74) is 1.83. The Kier molecular flexibility index (Phi) is 6.40. The largest absolute Gasteiger partial charge is 0.465 e. The quantitative estimate of drug-likeness (QED) is 0.551. The van der Waals surface area contributed by atoms with E-state index in [2.05, 4.69) is 20.0 Å². The van der Waals surface area contributed by atoms with Gasteiger partial charge in [0, 0.05) is 0 Å². The van der Waals surface area contributed by atoms with Gasteiger partial charge in [0.15, 0.2) is 11.5 Å². The van der Waals surface area contributed by atoms with E-state index < -0.39 is 22.2 Å². The maximum Gasteiger partial charge on any atom is 0.413 e. The molecule has 2 heterocycles. The van der Waals surface area contributed by atoms with Gasteiger partial charge < -0.3 is 5.11 Å². The van der Waals surface area contributed by atoms with Crippen molar-refractivity contribution in [2.75, 3.05) is 15.9 Å². The molecule has 0 fully saturated rings. The zero-order chi connectivity index (χ0) is 23.5.